The second-order valence-corrected chi connectivity index (χ2v) is 6.30. The van der Waals surface area contributed by atoms with Crippen molar-refractivity contribution in [1.82, 2.24) is 0 Å². The van der Waals surface area contributed by atoms with Crippen LogP contribution in [0.25, 0.3) is 0 Å². The lowest BCUT2D eigenvalue weighted by Crippen LogP contribution is -2.46. The van der Waals surface area contributed by atoms with Crippen LogP contribution in [0.4, 0.5) is 0 Å². The standard InChI is InChI=1S/C18H26O2/c1-4-13-18(15-9-5-6-10-15,16-11-7-8-12-16)20-17(19)14(2)3/h15-16H,2,5-12H2,1,3H3. The Kier molecular flexibility index (Phi) is 4.91. The van der Waals surface area contributed by atoms with Gasteiger partial charge in [0.05, 0.1) is 0 Å². The van der Waals surface area contributed by atoms with E-state index >= 15 is 0 Å². The summed E-state index contributed by atoms with van der Waals surface area (Å²) in [4.78, 5) is 12.2. The summed E-state index contributed by atoms with van der Waals surface area (Å²) < 4.78 is 6.00. The van der Waals surface area contributed by atoms with Gasteiger partial charge in [-0.3, -0.25) is 0 Å². The summed E-state index contributed by atoms with van der Waals surface area (Å²) in [5, 5.41) is 0. The molecule has 0 saturated heterocycles. The lowest BCUT2D eigenvalue weighted by molar-refractivity contribution is -0.159. The van der Waals surface area contributed by atoms with Crippen molar-refractivity contribution in [1.29, 1.82) is 0 Å². The zero-order chi connectivity index (χ0) is 14.6. The molecule has 0 radical (unpaired) electrons. The summed E-state index contributed by atoms with van der Waals surface area (Å²) in [6.07, 6.45) is 9.46. The number of hydrogen-bond acceptors (Lipinski definition) is 2. The highest BCUT2D eigenvalue weighted by Crippen LogP contribution is 2.46. The Morgan fingerprint density at radius 3 is 1.90 bits per heavy atom. The molecule has 2 aliphatic rings. The van der Waals surface area contributed by atoms with Crippen molar-refractivity contribution in [3.63, 3.8) is 0 Å². The zero-order valence-electron chi connectivity index (χ0n) is 12.8. The summed E-state index contributed by atoms with van der Waals surface area (Å²) in [6, 6.07) is 0. The average Bonchev–Trinajstić information content (AvgIpc) is 3.11. The fourth-order valence-electron chi connectivity index (χ4n) is 3.87. The highest BCUT2D eigenvalue weighted by atomic mass is 16.6. The van der Waals surface area contributed by atoms with Crippen LogP contribution in [0.5, 0.6) is 0 Å². The van der Waals surface area contributed by atoms with Crippen LogP contribution in [-0.2, 0) is 9.53 Å². The Bertz CT molecular complexity index is 410. The first-order chi connectivity index (χ1) is 9.60. The third-order valence-electron chi connectivity index (χ3n) is 4.85. The monoisotopic (exact) mass is 274 g/mol. The predicted octanol–water partition coefficient (Wildman–Crippen LogP) is 4.25. The van der Waals surface area contributed by atoms with Crippen LogP contribution >= 0.6 is 0 Å². The maximum absolute atomic E-state index is 12.2. The van der Waals surface area contributed by atoms with Crippen molar-refractivity contribution in [3.05, 3.63) is 12.2 Å². The second-order valence-electron chi connectivity index (χ2n) is 6.30. The minimum Gasteiger partial charge on any atom is -0.442 e. The number of rotatable bonds is 4. The molecule has 2 heteroatoms. The largest absolute Gasteiger partial charge is 0.442 e. The molecular weight excluding hydrogens is 248 g/mol. The molecule has 0 heterocycles. The molecule has 0 amide bonds. The van der Waals surface area contributed by atoms with Gasteiger partial charge in [-0.2, -0.15) is 0 Å². The van der Waals surface area contributed by atoms with E-state index in [4.69, 9.17) is 4.74 Å². The number of ether oxygens (including phenoxy) is 1. The lowest BCUT2D eigenvalue weighted by atomic mass is 9.75. The van der Waals surface area contributed by atoms with Crippen LogP contribution in [0.1, 0.15) is 65.2 Å². The normalized spacial score (nSPS) is 20.5. The van der Waals surface area contributed by atoms with Crippen molar-refractivity contribution >= 4 is 5.97 Å². The van der Waals surface area contributed by atoms with E-state index in [-0.39, 0.29) is 5.97 Å². The molecule has 0 atom stereocenters. The van der Waals surface area contributed by atoms with E-state index in [9.17, 15) is 4.79 Å². The van der Waals surface area contributed by atoms with Gasteiger partial charge in [-0.1, -0.05) is 38.2 Å². The molecule has 0 spiro atoms. The van der Waals surface area contributed by atoms with E-state index in [0.717, 1.165) is 25.7 Å². The summed E-state index contributed by atoms with van der Waals surface area (Å²) >= 11 is 0. The fraction of sp³-hybridized carbons (Fsp3) is 0.722. The molecule has 2 saturated carbocycles. The summed E-state index contributed by atoms with van der Waals surface area (Å²) in [5.74, 6) is 6.92. The van der Waals surface area contributed by atoms with Crippen LogP contribution < -0.4 is 0 Å². The molecule has 0 aromatic rings. The molecule has 2 fully saturated rings. The molecule has 0 unspecified atom stereocenters. The van der Waals surface area contributed by atoms with E-state index in [0.29, 0.717) is 17.4 Å². The fourth-order valence-corrected chi connectivity index (χ4v) is 3.87. The van der Waals surface area contributed by atoms with Crippen molar-refractivity contribution in [2.75, 3.05) is 0 Å². The van der Waals surface area contributed by atoms with Gasteiger partial charge in [0, 0.05) is 17.4 Å². The van der Waals surface area contributed by atoms with Crippen LogP contribution in [0, 0.1) is 23.7 Å². The van der Waals surface area contributed by atoms with Crippen LogP contribution in [-0.4, -0.2) is 11.6 Å². The molecule has 0 aromatic carbocycles. The predicted molar refractivity (Wildman–Crippen MR) is 81.0 cm³/mol. The topological polar surface area (TPSA) is 26.3 Å². The molecule has 2 aliphatic carbocycles. The molecule has 20 heavy (non-hydrogen) atoms. The quantitative estimate of drug-likeness (QED) is 0.435. The minimum atomic E-state index is -0.558. The molecule has 0 aromatic heterocycles. The summed E-state index contributed by atoms with van der Waals surface area (Å²) in [7, 11) is 0. The van der Waals surface area contributed by atoms with Gasteiger partial charge in [-0.25, -0.2) is 4.79 Å². The second kappa shape index (κ2) is 6.48. The maximum atomic E-state index is 12.2. The van der Waals surface area contributed by atoms with E-state index in [1.807, 2.05) is 6.92 Å². The van der Waals surface area contributed by atoms with Crippen LogP contribution in [0.3, 0.4) is 0 Å². The van der Waals surface area contributed by atoms with E-state index in [1.54, 1.807) is 6.92 Å². The Hall–Kier alpha value is -1.23. The van der Waals surface area contributed by atoms with Crippen LogP contribution in [0.15, 0.2) is 12.2 Å². The summed E-state index contributed by atoms with van der Waals surface area (Å²) in [6.45, 7) is 7.30. The Balaban J connectivity index is 2.33. The third kappa shape index (κ3) is 2.92. The van der Waals surface area contributed by atoms with E-state index < -0.39 is 5.60 Å². The maximum Gasteiger partial charge on any atom is 0.334 e. The van der Waals surface area contributed by atoms with Crippen molar-refractivity contribution in [3.8, 4) is 11.8 Å². The number of hydrogen-bond donors (Lipinski definition) is 0. The van der Waals surface area contributed by atoms with Crippen molar-refractivity contribution in [2.24, 2.45) is 11.8 Å². The first-order valence-corrected chi connectivity index (χ1v) is 7.93. The van der Waals surface area contributed by atoms with Gasteiger partial charge in [0.15, 0.2) is 5.60 Å². The van der Waals surface area contributed by atoms with Gasteiger partial charge < -0.3 is 4.74 Å². The molecule has 110 valence electrons. The average molecular weight is 274 g/mol. The van der Waals surface area contributed by atoms with Gasteiger partial charge >= 0.3 is 5.97 Å². The third-order valence-corrected chi connectivity index (χ3v) is 4.85. The zero-order valence-corrected chi connectivity index (χ0v) is 12.8. The SMILES string of the molecule is C=C(C)C(=O)OC(C#CC)(C1CCCC1)C1CCCC1. The molecule has 0 bridgehead atoms. The van der Waals surface area contributed by atoms with E-state index in [2.05, 4.69) is 18.4 Å². The van der Waals surface area contributed by atoms with Crippen molar-refractivity contribution in [2.45, 2.75) is 70.8 Å². The molecule has 0 aliphatic heterocycles. The lowest BCUT2D eigenvalue weighted by Gasteiger charge is -2.39. The van der Waals surface area contributed by atoms with Gasteiger partial charge in [-0.05, 0) is 39.5 Å². The van der Waals surface area contributed by atoms with Crippen LogP contribution in [0.2, 0.25) is 0 Å². The Labute approximate surface area is 123 Å². The first-order valence-electron chi connectivity index (χ1n) is 7.93. The number of carbonyl (C=O) groups is 1. The Morgan fingerprint density at radius 2 is 1.55 bits per heavy atom. The Morgan fingerprint density at radius 1 is 1.10 bits per heavy atom. The van der Waals surface area contributed by atoms with Gasteiger partial charge in [-0.15, -0.1) is 5.92 Å². The highest BCUT2D eigenvalue weighted by molar-refractivity contribution is 5.87. The van der Waals surface area contributed by atoms with Crippen molar-refractivity contribution < 1.29 is 9.53 Å². The minimum absolute atomic E-state index is 0.272. The molecular formula is C18H26O2. The number of carbonyl (C=O) groups excluding carboxylic acids is 1. The van der Waals surface area contributed by atoms with Gasteiger partial charge in [0.1, 0.15) is 0 Å². The van der Waals surface area contributed by atoms with Gasteiger partial charge in [0.2, 0.25) is 0 Å². The summed E-state index contributed by atoms with van der Waals surface area (Å²) in [5.41, 5.74) is -0.0825. The smallest absolute Gasteiger partial charge is 0.334 e. The molecule has 2 rings (SSSR count). The first kappa shape index (κ1) is 15.2. The van der Waals surface area contributed by atoms with E-state index in [1.165, 1.54) is 25.7 Å². The molecule has 2 nitrogen and oxygen atoms in total. The van der Waals surface area contributed by atoms with Gasteiger partial charge in [0.25, 0.3) is 0 Å². The number of esters is 1. The highest BCUT2D eigenvalue weighted by Gasteiger charge is 2.49. The molecule has 0 N–H and O–H groups in total.